The maximum Gasteiger partial charge on any atom is 0.268 e. The van der Waals surface area contributed by atoms with E-state index >= 15 is 0 Å². The number of fused-ring (bicyclic) bond motifs is 1. The van der Waals surface area contributed by atoms with E-state index in [1.165, 1.54) is 0 Å². The molecule has 1 aromatic carbocycles. The van der Waals surface area contributed by atoms with Gasteiger partial charge in [0.05, 0.1) is 12.6 Å². The van der Waals surface area contributed by atoms with Gasteiger partial charge in [0.2, 0.25) is 0 Å². The molecule has 0 fully saturated rings. The number of nitrogens with one attached hydrogen (secondary N) is 1. The molecule has 1 aromatic heterocycles. The summed E-state index contributed by atoms with van der Waals surface area (Å²) in [5.74, 6) is 0.629. The number of aryl methyl sites for hydroxylation is 1. The Kier molecular flexibility index (Phi) is 3.76. The van der Waals surface area contributed by atoms with Crippen molar-refractivity contribution in [2.45, 2.75) is 13.0 Å². The monoisotopic (exact) mass is 261 g/mol. The quantitative estimate of drug-likeness (QED) is 0.870. The second-order valence-corrected chi connectivity index (χ2v) is 4.60. The molecule has 0 saturated heterocycles. The Hall–Kier alpha value is -2.01. The number of nitrogens with zero attached hydrogens (tertiary/aromatic N) is 1. The molecule has 1 heterocycles. The molecule has 0 aliphatic heterocycles. The summed E-state index contributed by atoms with van der Waals surface area (Å²) < 4.78 is 7.17. The number of ether oxygens (including phenoxy) is 1. The number of nitrogens with two attached hydrogens (primary N) is 1. The maximum atomic E-state index is 12.2. The van der Waals surface area contributed by atoms with Gasteiger partial charge >= 0.3 is 0 Å². The minimum absolute atomic E-state index is 0.0487. The van der Waals surface area contributed by atoms with Crippen LogP contribution in [0.3, 0.4) is 0 Å². The van der Waals surface area contributed by atoms with Crippen LogP contribution in [0.1, 0.15) is 17.4 Å². The fraction of sp³-hybridized carbons (Fsp3) is 0.357. The van der Waals surface area contributed by atoms with Crippen LogP contribution >= 0.6 is 0 Å². The fourth-order valence-corrected chi connectivity index (χ4v) is 2.12. The van der Waals surface area contributed by atoms with Crippen molar-refractivity contribution in [2.75, 3.05) is 13.7 Å². The van der Waals surface area contributed by atoms with E-state index in [1.807, 2.05) is 42.8 Å². The number of carbonyl (C=O) groups is 1. The van der Waals surface area contributed by atoms with Crippen LogP contribution in [-0.2, 0) is 7.05 Å². The van der Waals surface area contributed by atoms with Crippen molar-refractivity contribution < 1.29 is 9.53 Å². The lowest BCUT2D eigenvalue weighted by Crippen LogP contribution is -2.38. The van der Waals surface area contributed by atoms with Crippen molar-refractivity contribution in [3.63, 3.8) is 0 Å². The van der Waals surface area contributed by atoms with Crippen molar-refractivity contribution >= 4 is 16.8 Å². The molecule has 0 aliphatic carbocycles. The van der Waals surface area contributed by atoms with Crippen molar-refractivity contribution in [2.24, 2.45) is 12.8 Å². The van der Waals surface area contributed by atoms with Crippen LogP contribution in [0.25, 0.3) is 10.9 Å². The lowest BCUT2D eigenvalue weighted by molar-refractivity contribution is 0.0933. The Balaban J connectivity index is 2.45. The van der Waals surface area contributed by atoms with Crippen LogP contribution in [0.4, 0.5) is 0 Å². The Morgan fingerprint density at radius 1 is 1.53 bits per heavy atom. The number of carbonyl (C=O) groups excluding carboxylic acids is 1. The highest BCUT2D eigenvalue weighted by Gasteiger charge is 2.16. The molecule has 0 spiro atoms. The molecule has 2 aromatic rings. The number of rotatable bonds is 4. The van der Waals surface area contributed by atoms with Gasteiger partial charge in [-0.3, -0.25) is 4.79 Å². The van der Waals surface area contributed by atoms with E-state index in [4.69, 9.17) is 10.5 Å². The first-order valence-electron chi connectivity index (χ1n) is 6.21. The maximum absolute atomic E-state index is 12.2. The van der Waals surface area contributed by atoms with Gasteiger partial charge in [-0.25, -0.2) is 0 Å². The van der Waals surface area contributed by atoms with Gasteiger partial charge in [0, 0.05) is 25.0 Å². The predicted octanol–water partition coefficient (Wildman–Crippen LogP) is 1.26. The fourth-order valence-electron chi connectivity index (χ4n) is 2.12. The summed E-state index contributed by atoms with van der Waals surface area (Å²) in [7, 11) is 3.48. The van der Waals surface area contributed by atoms with Crippen LogP contribution < -0.4 is 15.8 Å². The van der Waals surface area contributed by atoms with Gasteiger partial charge < -0.3 is 20.4 Å². The third-order valence-electron chi connectivity index (χ3n) is 3.20. The number of methoxy groups -OCH3 is 1. The summed E-state index contributed by atoms with van der Waals surface area (Å²) >= 11 is 0. The Bertz CT molecular complexity index is 604. The molecule has 102 valence electrons. The zero-order valence-corrected chi connectivity index (χ0v) is 11.4. The molecule has 5 nitrogen and oxygen atoms in total. The van der Waals surface area contributed by atoms with Gasteiger partial charge in [-0.1, -0.05) is 12.1 Å². The average Bonchev–Trinajstić information content (AvgIpc) is 2.76. The van der Waals surface area contributed by atoms with Crippen molar-refractivity contribution in [3.05, 3.63) is 30.0 Å². The molecule has 1 atom stereocenters. The average molecular weight is 261 g/mol. The van der Waals surface area contributed by atoms with Gasteiger partial charge in [-0.05, 0) is 19.1 Å². The first kappa shape index (κ1) is 13.4. The SMILES string of the molecule is COc1cccc2cc(C(=O)NC(C)CN)n(C)c12. The van der Waals surface area contributed by atoms with E-state index in [0.717, 1.165) is 16.7 Å². The largest absolute Gasteiger partial charge is 0.495 e. The number of hydrogen-bond donors (Lipinski definition) is 2. The van der Waals surface area contributed by atoms with Crippen LogP contribution in [-0.4, -0.2) is 30.2 Å². The summed E-state index contributed by atoms with van der Waals surface area (Å²) in [5, 5.41) is 3.84. The topological polar surface area (TPSA) is 69.3 Å². The van der Waals surface area contributed by atoms with E-state index in [2.05, 4.69) is 5.32 Å². The predicted molar refractivity (Wildman–Crippen MR) is 75.5 cm³/mol. The molecular weight excluding hydrogens is 242 g/mol. The van der Waals surface area contributed by atoms with Gasteiger partial charge in [-0.2, -0.15) is 0 Å². The highest BCUT2D eigenvalue weighted by molar-refractivity contribution is 6.00. The van der Waals surface area contributed by atoms with Gasteiger partial charge in [0.15, 0.2) is 0 Å². The molecular formula is C14H19N3O2. The third kappa shape index (κ3) is 2.42. The first-order valence-corrected chi connectivity index (χ1v) is 6.21. The third-order valence-corrected chi connectivity index (χ3v) is 3.20. The number of benzene rings is 1. The number of hydrogen-bond acceptors (Lipinski definition) is 3. The molecule has 2 rings (SSSR count). The number of amides is 1. The molecule has 0 saturated carbocycles. The Morgan fingerprint density at radius 3 is 2.89 bits per heavy atom. The summed E-state index contributed by atoms with van der Waals surface area (Å²) in [6, 6.07) is 7.56. The number of aromatic nitrogens is 1. The van der Waals surface area contributed by atoms with Crippen LogP contribution in [0.15, 0.2) is 24.3 Å². The lowest BCUT2D eigenvalue weighted by atomic mass is 10.2. The molecule has 0 radical (unpaired) electrons. The molecule has 5 heteroatoms. The Labute approximate surface area is 112 Å². The smallest absolute Gasteiger partial charge is 0.268 e. The van der Waals surface area contributed by atoms with E-state index < -0.39 is 0 Å². The minimum atomic E-state index is -0.126. The normalized spacial score (nSPS) is 12.4. The van der Waals surface area contributed by atoms with Gasteiger partial charge in [0.1, 0.15) is 11.4 Å². The van der Waals surface area contributed by atoms with Gasteiger partial charge in [0.25, 0.3) is 5.91 Å². The molecule has 0 bridgehead atoms. The number of para-hydroxylation sites is 1. The van der Waals surface area contributed by atoms with Crippen LogP contribution in [0, 0.1) is 0 Å². The highest BCUT2D eigenvalue weighted by atomic mass is 16.5. The van der Waals surface area contributed by atoms with Crippen LogP contribution in [0.5, 0.6) is 5.75 Å². The lowest BCUT2D eigenvalue weighted by Gasteiger charge is -2.12. The first-order chi connectivity index (χ1) is 9.08. The van der Waals surface area contributed by atoms with Gasteiger partial charge in [-0.15, -0.1) is 0 Å². The van der Waals surface area contributed by atoms with Crippen molar-refractivity contribution in [1.82, 2.24) is 9.88 Å². The van der Waals surface area contributed by atoms with E-state index in [9.17, 15) is 4.79 Å². The zero-order valence-electron chi connectivity index (χ0n) is 11.4. The molecule has 1 unspecified atom stereocenters. The zero-order chi connectivity index (χ0) is 14.0. The Morgan fingerprint density at radius 2 is 2.26 bits per heavy atom. The van der Waals surface area contributed by atoms with Crippen molar-refractivity contribution in [3.8, 4) is 5.75 Å². The second kappa shape index (κ2) is 5.32. The van der Waals surface area contributed by atoms with E-state index in [0.29, 0.717) is 12.2 Å². The molecule has 0 aliphatic rings. The van der Waals surface area contributed by atoms with Crippen molar-refractivity contribution in [1.29, 1.82) is 0 Å². The second-order valence-electron chi connectivity index (χ2n) is 4.60. The van der Waals surface area contributed by atoms with E-state index in [1.54, 1.807) is 7.11 Å². The molecule has 19 heavy (non-hydrogen) atoms. The minimum Gasteiger partial charge on any atom is -0.495 e. The highest BCUT2D eigenvalue weighted by Crippen LogP contribution is 2.27. The van der Waals surface area contributed by atoms with Crippen LogP contribution in [0.2, 0.25) is 0 Å². The summed E-state index contributed by atoms with van der Waals surface area (Å²) in [4.78, 5) is 12.2. The molecule has 1 amide bonds. The summed E-state index contributed by atoms with van der Waals surface area (Å²) in [5.41, 5.74) is 7.03. The summed E-state index contributed by atoms with van der Waals surface area (Å²) in [6.45, 7) is 2.29. The summed E-state index contributed by atoms with van der Waals surface area (Å²) in [6.07, 6.45) is 0. The standard InChI is InChI=1S/C14H19N3O2/c1-9(8-15)16-14(18)11-7-10-5-4-6-12(19-3)13(10)17(11)2/h4-7,9H,8,15H2,1-3H3,(H,16,18). The van der Waals surface area contributed by atoms with E-state index in [-0.39, 0.29) is 11.9 Å². The molecule has 3 N–H and O–H groups in total.